The average molecular weight is 187 g/mol. The van der Waals surface area contributed by atoms with Crippen molar-refractivity contribution in [1.82, 2.24) is 5.32 Å². The zero-order chi connectivity index (χ0) is 9.90. The Labute approximate surface area is 80.2 Å². The van der Waals surface area contributed by atoms with Gasteiger partial charge in [0.1, 0.15) is 0 Å². The number of rotatable bonds is 5. The van der Waals surface area contributed by atoms with Crippen LogP contribution in [0.1, 0.15) is 33.1 Å². The summed E-state index contributed by atoms with van der Waals surface area (Å²) in [6, 6.07) is 0.446. The summed E-state index contributed by atoms with van der Waals surface area (Å²) in [5.74, 6) is 0. The van der Waals surface area contributed by atoms with Crippen LogP contribution >= 0.6 is 0 Å². The summed E-state index contributed by atoms with van der Waals surface area (Å²) in [7, 11) is 0. The van der Waals surface area contributed by atoms with Gasteiger partial charge in [0.15, 0.2) is 0 Å². The lowest BCUT2D eigenvalue weighted by atomic mass is 9.64. The van der Waals surface area contributed by atoms with Crippen molar-refractivity contribution < 1.29 is 10.2 Å². The molecule has 0 aromatic heterocycles. The average Bonchev–Trinajstić information content (AvgIpc) is 2.10. The van der Waals surface area contributed by atoms with Gasteiger partial charge in [-0.25, -0.2) is 0 Å². The van der Waals surface area contributed by atoms with Gasteiger partial charge in [0, 0.05) is 18.1 Å². The fourth-order valence-electron chi connectivity index (χ4n) is 1.76. The van der Waals surface area contributed by atoms with Gasteiger partial charge < -0.3 is 15.5 Å². The maximum Gasteiger partial charge on any atom is 0.0621 e. The second-order valence-electron chi connectivity index (χ2n) is 4.51. The van der Waals surface area contributed by atoms with Crippen molar-refractivity contribution in [3.8, 4) is 0 Å². The summed E-state index contributed by atoms with van der Waals surface area (Å²) in [6.45, 7) is 5.40. The number of aliphatic hydroxyl groups excluding tert-OH is 2. The summed E-state index contributed by atoms with van der Waals surface area (Å²) in [5, 5.41) is 21.5. The van der Waals surface area contributed by atoms with Crippen LogP contribution in [0.2, 0.25) is 0 Å². The Hall–Kier alpha value is -0.120. The van der Waals surface area contributed by atoms with E-state index in [2.05, 4.69) is 19.2 Å². The molecule has 0 bridgehead atoms. The Morgan fingerprint density at radius 1 is 1.38 bits per heavy atom. The fourth-order valence-corrected chi connectivity index (χ4v) is 1.76. The molecule has 0 aromatic rings. The van der Waals surface area contributed by atoms with E-state index in [1.165, 1.54) is 0 Å². The summed E-state index contributed by atoms with van der Waals surface area (Å²) in [4.78, 5) is 0. The first kappa shape index (κ1) is 11.0. The van der Waals surface area contributed by atoms with E-state index in [0.29, 0.717) is 6.04 Å². The van der Waals surface area contributed by atoms with Gasteiger partial charge in [0.2, 0.25) is 0 Å². The smallest absolute Gasteiger partial charge is 0.0621 e. The first-order valence-electron chi connectivity index (χ1n) is 5.11. The normalized spacial score (nSPS) is 31.4. The predicted octanol–water partition coefficient (Wildman–Crippen LogP) is 0.508. The van der Waals surface area contributed by atoms with Gasteiger partial charge in [-0.2, -0.15) is 0 Å². The molecule has 0 heterocycles. The SMILES string of the molecule is CC1(C)C(O)CC1NCCCCO. The fraction of sp³-hybridized carbons (Fsp3) is 1.00. The third-order valence-corrected chi connectivity index (χ3v) is 3.19. The van der Waals surface area contributed by atoms with Crippen molar-refractivity contribution >= 4 is 0 Å². The molecule has 1 saturated carbocycles. The molecule has 78 valence electrons. The Balaban J connectivity index is 2.10. The van der Waals surface area contributed by atoms with Crippen LogP contribution in [0.25, 0.3) is 0 Å². The molecular formula is C10H21NO2. The van der Waals surface area contributed by atoms with E-state index in [4.69, 9.17) is 5.11 Å². The third kappa shape index (κ3) is 2.42. The lowest BCUT2D eigenvalue weighted by Crippen LogP contribution is -2.60. The first-order valence-corrected chi connectivity index (χ1v) is 5.11. The second-order valence-corrected chi connectivity index (χ2v) is 4.51. The molecule has 3 nitrogen and oxygen atoms in total. The van der Waals surface area contributed by atoms with Crippen LogP contribution in [0, 0.1) is 5.41 Å². The van der Waals surface area contributed by atoms with Crippen molar-refractivity contribution in [3.63, 3.8) is 0 Å². The molecule has 3 heteroatoms. The first-order chi connectivity index (χ1) is 6.09. The quantitative estimate of drug-likeness (QED) is 0.550. The monoisotopic (exact) mass is 187 g/mol. The van der Waals surface area contributed by atoms with E-state index < -0.39 is 0 Å². The van der Waals surface area contributed by atoms with Crippen molar-refractivity contribution in [3.05, 3.63) is 0 Å². The number of nitrogens with one attached hydrogen (secondary N) is 1. The van der Waals surface area contributed by atoms with Gasteiger partial charge in [0.05, 0.1) is 6.10 Å². The lowest BCUT2D eigenvalue weighted by molar-refractivity contribution is -0.0723. The number of hydrogen-bond donors (Lipinski definition) is 3. The van der Waals surface area contributed by atoms with Gasteiger partial charge in [-0.05, 0) is 25.8 Å². The molecule has 0 saturated heterocycles. The molecule has 1 rings (SSSR count). The standard InChI is InChI=1S/C10H21NO2/c1-10(2)8(7-9(10)13)11-5-3-4-6-12/h8-9,11-13H,3-7H2,1-2H3. The van der Waals surface area contributed by atoms with Crippen LogP contribution in [-0.2, 0) is 0 Å². The Bertz CT molecular complexity index is 159. The zero-order valence-electron chi connectivity index (χ0n) is 8.58. The van der Waals surface area contributed by atoms with E-state index in [0.717, 1.165) is 25.8 Å². The topological polar surface area (TPSA) is 52.5 Å². The highest BCUT2D eigenvalue weighted by atomic mass is 16.3. The Morgan fingerprint density at radius 2 is 2.08 bits per heavy atom. The van der Waals surface area contributed by atoms with Crippen molar-refractivity contribution in [2.45, 2.75) is 45.3 Å². The van der Waals surface area contributed by atoms with Gasteiger partial charge in [-0.15, -0.1) is 0 Å². The summed E-state index contributed by atoms with van der Waals surface area (Å²) < 4.78 is 0. The van der Waals surface area contributed by atoms with Gasteiger partial charge in [-0.3, -0.25) is 0 Å². The van der Waals surface area contributed by atoms with E-state index >= 15 is 0 Å². The lowest BCUT2D eigenvalue weighted by Gasteiger charge is -2.49. The molecule has 1 fully saturated rings. The second kappa shape index (κ2) is 4.40. The molecule has 0 aliphatic heterocycles. The van der Waals surface area contributed by atoms with Gasteiger partial charge >= 0.3 is 0 Å². The molecule has 1 aliphatic rings. The molecule has 0 spiro atoms. The maximum absolute atomic E-state index is 9.47. The van der Waals surface area contributed by atoms with E-state index in [1.54, 1.807) is 0 Å². The number of aliphatic hydroxyl groups is 2. The number of unbranched alkanes of at least 4 members (excludes halogenated alkanes) is 1. The molecule has 2 atom stereocenters. The van der Waals surface area contributed by atoms with Crippen LogP contribution in [0.15, 0.2) is 0 Å². The van der Waals surface area contributed by atoms with Crippen molar-refractivity contribution in [1.29, 1.82) is 0 Å². The highest BCUT2D eigenvalue weighted by Gasteiger charge is 2.46. The number of hydrogen-bond acceptors (Lipinski definition) is 3. The largest absolute Gasteiger partial charge is 0.396 e. The van der Waals surface area contributed by atoms with Crippen LogP contribution in [0.5, 0.6) is 0 Å². The molecule has 3 N–H and O–H groups in total. The van der Waals surface area contributed by atoms with Crippen molar-refractivity contribution in [2.75, 3.05) is 13.2 Å². The van der Waals surface area contributed by atoms with E-state index in [1.807, 2.05) is 0 Å². The van der Waals surface area contributed by atoms with Gasteiger partial charge in [-0.1, -0.05) is 13.8 Å². The summed E-state index contributed by atoms with van der Waals surface area (Å²) in [5.41, 5.74) is 0.0270. The zero-order valence-corrected chi connectivity index (χ0v) is 8.58. The van der Waals surface area contributed by atoms with Crippen LogP contribution in [-0.4, -0.2) is 35.5 Å². The molecule has 0 aromatic carbocycles. The van der Waals surface area contributed by atoms with Gasteiger partial charge in [0.25, 0.3) is 0 Å². The molecular weight excluding hydrogens is 166 g/mol. The minimum absolute atomic E-state index is 0.0270. The molecule has 0 amide bonds. The molecule has 1 aliphatic carbocycles. The molecule has 2 unspecified atom stereocenters. The Morgan fingerprint density at radius 3 is 2.54 bits per heavy atom. The van der Waals surface area contributed by atoms with E-state index in [9.17, 15) is 5.11 Å². The highest BCUT2D eigenvalue weighted by Crippen LogP contribution is 2.40. The molecule has 0 radical (unpaired) electrons. The summed E-state index contributed by atoms with van der Waals surface area (Å²) >= 11 is 0. The highest BCUT2D eigenvalue weighted by molar-refractivity contribution is 5.01. The molecule has 13 heavy (non-hydrogen) atoms. The predicted molar refractivity (Wildman–Crippen MR) is 52.5 cm³/mol. The van der Waals surface area contributed by atoms with Crippen LogP contribution < -0.4 is 5.32 Å². The van der Waals surface area contributed by atoms with Crippen LogP contribution in [0.4, 0.5) is 0 Å². The third-order valence-electron chi connectivity index (χ3n) is 3.19. The van der Waals surface area contributed by atoms with Crippen LogP contribution in [0.3, 0.4) is 0 Å². The maximum atomic E-state index is 9.47. The Kier molecular flexibility index (Phi) is 3.71. The summed E-state index contributed by atoms with van der Waals surface area (Å²) in [6.07, 6.45) is 2.59. The van der Waals surface area contributed by atoms with Crippen molar-refractivity contribution in [2.24, 2.45) is 5.41 Å². The minimum atomic E-state index is -0.150. The van der Waals surface area contributed by atoms with E-state index in [-0.39, 0.29) is 18.1 Å². The minimum Gasteiger partial charge on any atom is -0.396 e.